The second-order valence-corrected chi connectivity index (χ2v) is 8.00. The third-order valence-corrected chi connectivity index (χ3v) is 5.98. The third kappa shape index (κ3) is 3.60. The molecular formula is C20H18N4O2S. The van der Waals surface area contributed by atoms with Crippen LogP contribution in [0.5, 0.6) is 0 Å². The number of benzene rings is 3. The highest BCUT2D eigenvalue weighted by Crippen LogP contribution is 2.22. The van der Waals surface area contributed by atoms with Gasteiger partial charge in [0.15, 0.2) is 0 Å². The van der Waals surface area contributed by atoms with Gasteiger partial charge in [-0.2, -0.15) is 5.10 Å². The number of rotatable bonds is 5. The lowest BCUT2D eigenvalue weighted by Crippen LogP contribution is -2.26. The molecule has 0 fully saturated rings. The zero-order chi connectivity index (χ0) is 18.9. The standard InChI is InChI=1S/C20H18N4O2S/c1-15(16-6-9-19(10-7-16)24-14-21-13-22-24)23-27(25,26)20-11-8-17-4-2-3-5-18(17)12-20/h2-15,23H,1H3/t15-/m0/s1. The van der Waals surface area contributed by atoms with Crippen molar-refractivity contribution >= 4 is 20.8 Å². The summed E-state index contributed by atoms with van der Waals surface area (Å²) in [5, 5.41) is 5.98. The van der Waals surface area contributed by atoms with E-state index in [-0.39, 0.29) is 10.9 Å². The van der Waals surface area contributed by atoms with Crippen molar-refractivity contribution in [3.63, 3.8) is 0 Å². The first-order chi connectivity index (χ1) is 13.0. The zero-order valence-electron chi connectivity index (χ0n) is 14.6. The zero-order valence-corrected chi connectivity index (χ0v) is 15.5. The molecule has 27 heavy (non-hydrogen) atoms. The minimum atomic E-state index is -3.63. The molecule has 136 valence electrons. The van der Waals surface area contributed by atoms with Gasteiger partial charge in [0.05, 0.1) is 10.6 Å². The van der Waals surface area contributed by atoms with Crippen LogP contribution in [-0.2, 0) is 10.0 Å². The van der Waals surface area contributed by atoms with Crippen molar-refractivity contribution in [2.45, 2.75) is 17.9 Å². The Kier molecular flexibility index (Phi) is 4.47. The lowest BCUT2D eigenvalue weighted by atomic mass is 10.1. The second kappa shape index (κ2) is 6.94. The van der Waals surface area contributed by atoms with Crippen LogP contribution >= 0.6 is 0 Å². The summed E-state index contributed by atoms with van der Waals surface area (Å²) in [6.45, 7) is 1.82. The van der Waals surface area contributed by atoms with E-state index in [9.17, 15) is 8.42 Å². The first-order valence-electron chi connectivity index (χ1n) is 8.49. The Balaban J connectivity index is 1.56. The van der Waals surface area contributed by atoms with E-state index in [1.165, 1.54) is 6.33 Å². The number of nitrogens with one attached hydrogen (secondary N) is 1. The van der Waals surface area contributed by atoms with E-state index in [1.807, 2.05) is 61.5 Å². The van der Waals surface area contributed by atoms with Gasteiger partial charge in [-0.1, -0.05) is 42.5 Å². The van der Waals surface area contributed by atoms with Crippen molar-refractivity contribution in [2.24, 2.45) is 0 Å². The molecular weight excluding hydrogens is 360 g/mol. The van der Waals surface area contributed by atoms with Crippen LogP contribution in [0.4, 0.5) is 0 Å². The van der Waals surface area contributed by atoms with E-state index in [4.69, 9.17) is 0 Å². The minimum absolute atomic E-state index is 0.257. The molecule has 0 aliphatic carbocycles. The SMILES string of the molecule is C[C@H](NS(=O)(=O)c1ccc2ccccc2c1)c1ccc(-n2cncn2)cc1. The Morgan fingerprint density at radius 3 is 2.41 bits per heavy atom. The van der Waals surface area contributed by atoms with Gasteiger partial charge in [-0.3, -0.25) is 0 Å². The average Bonchev–Trinajstić information content (AvgIpc) is 3.22. The van der Waals surface area contributed by atoms with E-state index in [0.29, 0.717) is 0 Å². The first kappa shape index (κ1) is 17.4. The molecule has 4 aromatic rings. The summed E-state index contributed by atoms with van der Waals surface area (Å²) in [4.78, 5) is 4.18. The van der Waals surface area contributed by atoms with Crippen LogP contribution in [0.3, 0.4) is 0 Å². The van der Waals surface area contributed by atoms with Crippen LogP contribution < -0.4 is 4.72 Å². The molecule has 6 nitrogen and oxygen atoms in total. The van der Waals surface area contributed by atoms with Crippen LogP contribution in [0.2, 0.25) is 0 Å². The highest BCUT2D eigenvalue weighted by molar-refractivity contribution is 7.89. The van der Waals surface area contributed by atoms with Gasteiger partial charge >= 0.3 is 0 Å². The molecule has 0 spiro atoms. The maximum absolute atomic E-state index is 12.8. The van der Waals surface area contributed by atoms with Gasteiger partial charge in [-0.05, 0) is 47.5 Å². The molecule has 0 aliphatic rings. The van der Waals surface area contributed by atoms with Gasteiger partial charge in [0, 0.05) is 6.04 Å². The van der Waals surface area contributed by atoms with Crippen LogP contribution in [0, 0.1) is 0 Å². The molecule has 0 unspecified atom stereocenters. The van der Waals surface area contributed by atoms with E-state index >= 15 is 0 Å². The van der Waals surface area contributed by atoms with E-state index in [2.05, 4.69) is 14.8 Å². The van der Waals surface area contributed by atoms with E-state index < -0.39 is 10.0 Å². The van der Waals surface area contributed by atoms with Gasteiger partial charge in [-0.15, -0.1) is 0 Å². The van der Waals surface area contributed by atoms with Gasteiger partial charge < -0.3 is 0 Å². The number of aromatic nitrogens is 3. The van der Waals surface area contributed by atoms with E-state index in [1.54, 1.807) is 23.1 Å². The molecule has 1 atom stereocenters. The summed E-state index contributed by atoms with van der Waals surface area (Å²) >= 11 is 0. The average molecular weight is 378 g/mol. The van der Waals surface area contributed by atoms with Gasteiger partial charge in [0.1, 0.15) is 12.7 Å². The summed E-state index contributed by atoms with van der Waals surface area (Å²) in [6.07, 6.45) is 3.08. The third-order valence-electron chi connectivity index (χ3n) is 4.44. The normalized spacial score (nSPS) is 12.9. The molecule has 3 aromatic carbocycles. The first-order valence-corrected chi connectivity index (χ1v) is 9.97. The Morgan fingerprint density at radius 1 is 0.963 bits per heavy atom. The fourth-order valence-corrected chi connectivity index (χ4v) is 4.23. The Morgan fingerprint density at radius 2 is 1.70 bits per heavy atom. The van der Waals surface area contributed by atoms with Crippen molar-refractivity contribution in [1.82, 2.24) is 19.5 Å². The van der Waals surface area contributed by atoms with Crippen molar-refractivity contribution in [1.29, 1.82) is 0 Å². The van der Waals surface area contributed by atoms with Crippen molar-refractivity contribution in [3.8, 4) is 5.69 Å². The topological polar surface area (TPSA) is 76.9 Å². The molecule has 1 aromatic heterocycles. The molecule has 4 rings (SSSR count). The number of sulfonamides is 1. The summed E-state index contributed by atoms with van der Waals surface area (Å²) < 4.78 is 30.0. The second-order valence-electron chi connectivity index (χ2n) is 6.28. The van der Waals surface area contributed by atoms with Crippen molar-refractivity contribution in [2.75, 3.05) is 0 Å². The van der Waals surface area contributed by atoms with Crippen LogP contribution in [0.25, 0.3) is 16.5 Å². The largest absolute Gasteiger partial charge is 0.241 e. The predicted molar refractivity (Wildman–Crippen MR) is 104 cm³/mol. The van der Waals surface area contributed by atoms with Crippen molar-refractivity contribution < 1.29 is 8.42 Å². The summed E-state index contributed by atoms with van der Waals surface area (Å²) in [6, 6.07) is 20.0. The number of hydrogen-bond donors (Lipinski definition) is 1. The lowest BCUT2D eigenvalue weighted by Gasteiger charge is -2.15. The van der Waals surface area contributed by atoms with Crippen LogP contribution in [0.15, 0.2) is 84.3 Å². The summed E-state index contributed by atoms with van der Waals surface area (Å²) in [5.41, 5.74) is 1.73. The number of fused-ring (bicyclic) bond motifs is 1. The van der Waals surface area contributed by atoms with Crippen LogP contribution in [0.1, 0.15) is 18.5 Å². The Hall–Kier alpha value is -3.03. The van der Waals surface area contributed by atoms with Crippen molar-refractivity contribution in [3.05, 3.63) is 84.9 Å². The highest BCUT2D eigenvalue weighted by Gasteiger charge is 2.18. The maximum atomic E-state index is 12.8. The fraction of sp³-hybridized carbons (Fsp3) is 0.100. The fourth-order valence-electron chi connectivity index (χ4n) is 2.96. The smallest absolute Gasteiger partial charge is 0.223 e. The Bertz CT molecular complexity index is 1170. The number of hydrogen-bond acceptors (Lipinski definition) is 4. The molecule has 0 bridgehead atoms. The summed E-state index contributed by atoms with van der Waals surface area (Å²) in [7, 11) is -3.63. The Labute approximate surface area is 157 Å². The molecule has 1 heterocycles. The lowest BCUT2D eigenvalue weighted by molar-refractivity contribution is 0.567. The summed E-state index contributed by atoms with van der Waals surface area (Å²) in [5.74, 6) is 0. The van der Waals surface area contributed by atoms with Gasteiger partial charge in [0.2, 0.25) is 10.0 Å². The van der Waals surface area contributed by atoms with Gasteiger partial charge in [0.25, 0.3) is 0 Å². The predicted octanol–water partition coefficient (Wildman–Crippen LogP) is 3.46. The molecule has 0 saturated carbocycles. The van der Waals surface area contributed by atoms with Crippen LogP contribution in [-0.4, -0.2) is 23.2 Å². The highest BCUT2D eigenvalue weighted by atomic mass is 32.2. The van der Waals surface area contributed by atoms with E-state index in [0.717, 1.165) is 22.0 Å². The monoisotopic (exact) mass is 378 g/mol. The minimum Gasteiger partial charge on any atom is -0.223 e. The maximum Gasteiger partial charge on any atom is 0.241 e. The molecule has 0 saturated heterocycles. The van der Waals surface area contributed by atoms with Gasteiger partial charge in [-0.25, -0.2) is 22.8 Å². The molecule has 0 aliphatic heterocycles. The molecule has 1 N–H and O–H groups in total. The molecule has 0 radical (unpaired) electrons. The molecule has 0 amide bonds. The quantitative estimate of drug-likeness (QED) is 0.577. The number of nitrogens with zero attached hydrogens (tertiary/aromatic N) is 3. The molecule has 7 heteroatoms.